The molecule has 0 radical (unpaired) electrons. The summed E-state index contributed by atoms with van der Waals surface area (Å²) in [5.74, 6) is -0.00310. The summed E-state index contributed by atoms with van der Waals surface area (Å²) in [5.41, 5.74) is 3.99. The fourth-order valence-corrected chi connectivity index (χ4v) is 12.5. The Labute approximate surface area is 370 Å². The number of pyridine rings is 1. The van der Waals surface area contributed by atoms with Gasteiger partial charge in [-0.1, -0.05) is 30.5 Å². The summed E-state index contributed by atoms with van der Waals surface area (Å²) in [4.78, 5) is 65.8. The van der Waals surface area contributed by atoms with Gasteiger partial charge in [-0.05, 0) is 113 Å². The summed E-state index contributed by atoms with van der Waals surface area (Å²) in [6.07, 6.45) is 10.9. The third kappa shape index (κ3) is 7.53. The van der Waals surface area contributed by atoms with Crippen LogP contribution < -0.4 is 26.8 Å². The van der Waals surface area contributed by atoms with Crippen LogP contribution in [0.3, 0.4) is 0 Å². The van der Waals surface area contributed by atoms with E-state index >= 15 is 0 Å². The lowest BCUT2D eigenvalue weighted by Gasteiger charge is -2.44. The molecule has 63 heavy (non-hydrogen) atoms. The molecular weight excluding hydrogens is 844 g/mol. The van der Waals surface area contributed by atoms with Crippen LogP contribution in [0.4, 0.5) is 17.3 Å². The number of aromatic nitrogens is 5. The lowest BCUT2D eigenvalue weighted by molar-refractivity contribution is -0.135. The molecule has 10 rings (SSSR count). The molecule has 2 aromatic carbocycles. The van der Waals surface area contributed by atoms with Gasteiger partial charge < -0.3 is 10.2 Å². The monoisotopic (exact) mass is 896 g/mol. The Bertz CT molecular complexity index is 2890. The summed E-state index contributed by atoms with van der Waals surface area (Å²) in [5, 5.41) is 6.49. The predicted molar refractivity (Wildman–Crippen MR) is 241 cm³/mol. The Morgan fingerprint density at radius 3 is 2.44 bits per heavy atom. The van der Waals surface area contributed by atoms with Crippen LogP contribution in [0.2, 0.25) is 5.02 Å². The normalized spacial score (nSPS) is 21.5. The van der Waals surface area contributed by atoms with E-state index in [2.05, 4.69) is 31.5 Å². The van der Waals surface area contributed by atoms with Crippen molar-refractivity contribution in [2.45, 2.75) is 100 Å². The van der Waals surface area contributed by atoms with Gasteiger partial charge in [-0.25, -0.2) is 18.2 Å². The van der Waals surface area contributed by atoms with Crippen molar-refractivity contribution in [2.24, 2.45) is 13.0 Å². The van der Waals surface area contributed by atoms with Gasteiger partial charge in [-0.15, -0.1) is 0 Å². The Morgan fingerprint density at radius 2 is 1.71 bits per heavy atom. The fourth-order valence-electron chi connectivity index (χ4n) is 10.7. The van der Waals surface area contributed by atoms with E-state index in [0.717, 1.165) is 101 Å². The van der Waals surface area contributed by atoms with E-state index < -0.39 is 22.0 Å². The molecule has 2 N–H and O–H groups in total. The van der Waals surface area contributed by atoms with Crippen molar-refractivity contribution in [1.82, 2.24) is 38.2 Å². The number of anilines is 3. The van der Waals surface area contributed by atoms with E-state index in [4.69, 9.17) is 16.6 Å². The van der Waals surface area contributed by atoms with Crippen molar-refractivity contribution in [3.8, 4) is 0 Å². The summed E-state index contributed by atoms with van der Waals surface area (Å²) in [6, 6.07) is 11.9. The van der Waals surface area contributed by atoms with Gasteiger partial charge in [0.2, 0.25) is 27.8 Å². The largest absolute Gasteiger partial charge is 0.367 e. The molecule has 1 spiro atoms. The fraction of sp³-hybridized carbons (Fsp3) is 0.511. The number of sulfonamides is 1. The minimum atomic E-state index is -3.71. The number of fused-ring (bicyclic) bond motifs is 2. The molecule has 1 atom stereocenters. The second kappa shape index (κ2) is 16.2. The maximum Gasteiger partial charge on any atom is 0.329 e. The number of hydrogen-bond donors (Lipinski definition) is 2. The van der Waals surface area contributed by atoms with Gasteiger partial charge in [-0.2, -0.15) is 9.29 Å². The molecule has 5 aliphatic rings. The van der Waals surface area contributed by atoms with E-state index in [1.165, 1.54) is 0 Å². The van der Waals surface area contributed by atoms with E-state index in [1.807, 2.05) is 19.1 Å². The maximum atomic E-state index is 13.9. The van der Waals surface area contributed by atoms with E-state index in [9.17, 15) is 27.6 Å². The number of piperidine rings is 2. The zero-order valence-electron chi connectivity index (χ0n) is 35.7. The third-order valence-electron chi connectivity index (χ3n) is 14.4. The molecule has 6 heterocycles. The van der Waals surface area contributed by atoms with Crippen molar-refractivity contribution in [3.05, 3.63) is 80.1 Å². The summed E-state index contributed by atoms with van der Waals surface area (Å²) in [6.45, 7) is 6.31. The standard InChI is InChI=1S/C45H53ClN10O6S/c1-28-24-32(10-11-34(28)48-43-47-26-30-25-33(46)42(59)55(40(30)50-43)31-6-3-4-7-31)63(61,62)54-20-15-29(16-21-54)14-19-53-23-22-52(27-45(53)17-18-45)35-8-5-9-36-39(35)51(2)44(60)56(36)37-12-13-38(57)49-41(37)58/h5,8-11,24-26,29,31,37H,3-4,6-7,12-23,27H2,1-2H3,(H,47,48,50)(H,49,57,58). The molecule has 0 bridgehead atoms. The van der Waals surface area contributed by atoms with Crippen LogP contribution in [0.1, 0.15) is 88.3 Å². The lowest BCUT2D eigenvalue weighted by atomic mass is 9.94. The molecule has 5 fully saturated rings. The van der Waals surface area contributed by atoms with Gasteiger partial charge in [0.25, 0.3) is 5.56 Å². The molecule has 332 valence electrons. The second-order valence-corrected chi connectivity index (χ2v) is 20.6. The molecule has 2 aliphatic carbocycles. The number of aryl methyl sites for hydroxylation is 2. The van der Waals surface area contributed by atoms with Crippen LogP contribution in [-0.4, -0.2) is 97.9 Å². The number of piperazine rings is 1. The quantitative estimate of drug-likeness (QED) is 0.172. The van der Waals surface area contributed by atoms with Gasteiger partial charge in [0.1, 0.15) is 16.7 Å². The number of rotatable bonds is 10. The van der Waals surface area contributed by atoms with Gasteiger partial charge in [0, 0.05) is 75.0 Å². The van der Waals surface area contributed by atoms with Gasteiger partial charge in [0.05, 0.1) is 21.6 Å². The SMILES string of the molecule is Cc1cc(S(=O)(=O)N2CCC(CCN3CCN(c4cccc5c4n(C)c(=O)n5C4CCC(=O)NC4=O)CC34CC4)CC2)ccc1Nc1ncc2cc(Cl)c(=O)n(C3CCCC3)c2n1. The molecule has 18 heteroatoms. The molecule has 3 saturated heterocycles. The van der Waals surface area contributed by atoms with E-state index in [-0.39, 0.29) is 45.1 Å². The van der Waals surface area contributed by atoms with E-state index in [1.54, 1.807) is 55.5 Å². The van der Waals surface area contributed by atoms with Crippen molar-refractivity contribution in [1.29, 1.82) is 0 Å². The highest BCUT2D eigenvalue weighted by molar-refractivity contribution is 7.89. The molecule has 2 amide bonds. The summed E-state index contributed by atoms with van der Waals surface area (Å²) < 4.78 is 34.4. The van der Waals surface area contributed by atoms with Gasteiger partial charge in [0.15, 0.2) is 0 Å². The molecule has 5 aromatic rings. The highest BCUT2D eigenvalue weighted by Crippen LogP contribution is 2.46. The topological polar surface area (TPSA) is 177 Å². The number of halogens is 1. The van der Waals surface area contributed by atoms with Crippen LogP contribution in [0.15, 0.2) is 63.1 Å². The number of imidazole rings is 1. The number of hydrogen-bond acceptors (Lipinski definition) is 11. The second-order valence-electron chi connectivity index (χ2n) is 18.3. The van der Waals surface area contributed by atoms with Crippen LogP contribution in [-0.2, 0) is 26.7 Å². The van der Waals surface area contributed by atoms with Crippen LogP contribution in [0, 0.1) is 12.8 Å². The third-order valence-corrected chi connectivity index (χ3v) is 16.6. The highest BCUT2D eigenvalue weighted by Gasteiger charge is 2.51. The molecule has 16 nitrogen and oxygen atoms in total. The Hall–Kier alpha value is -5.10. The lowest BCUT2D eigenvalue weighted by Crippen LogP contribution is -2.55. The number of amides is 2. The number of imide groups is 1. The van der Waals surface area contributed by atoms with Crippen LogP contribution in [0.5, 0.6) is 0 Å². The van der Waals surface area contributed by atoms with Gasteiger partial charge in [-0.3, -0.25) is 38.3 Å². The number of nitrogens with zero attached hydrogens (tertiary/aromatic N) is 8. The number of para-hydroxylation sites is 1. The maximum absolute atomic E-state index is 13.9. The molecule has 1 unspecified atom stereocenters. The Kier molecular flexibility index (Phi) is 10.7. The van der Waals surface area contributed by atoms with Crippen molar-refractivity contribution < 1.29 is 18.0 Å². The number of carbonyl (C=O) groups is 2. The highest BCUT2D eigenvalue weighted by atomic mass is 35.5. The van der Waals surface area contributed by atoms with Crippen LogP contribution in [0.25, 0.3) is 22.1 Å². The first kappa shape index (κ1) is 41.9. The number of benzene rings is 2. The molecular formula is C45H53ClN10O6S. The van der Waals surface area contributed by atoms with Crippen molar-refractivity contribution >= 4 is 72.8 Å². The summed E-state index contributed by atoms with van der Waals surface area (Å²) in [7, 11) is -1.95. The zero-order valence-corrected chi connectivity index (χ0v) is 37.3. The molecule has 3 aliphatic heterocycles. The molecule has 3 aromatic heterocycles. The zero-order chi connectivity index (χ0) is 43.8. The first-order valence-corrected chi connectivity index (χ1v) is 24.1. The van der Waals surface area contributed by atoms with Crippen LogP contribution >= 0.6 is 11.6 Å². The minimum Gasteiger partial charge on any atom is -0.367 e. The first-order valence-electron chi connectivity index (χ1n) is 22.3. The number of nitrogens with one attached hydrogen (secondary N) is 2. The summed E-state index contributed by atoms with van der Waals surface area (Å²) >= 11 is 6.31. The predicted octanol–water partition coefficient (Wildman–Crippen LogP) is 5.39. The minimum absolute atomic E-state index is 0.0411. The van der Waals surface area contributed by atoms with E-state index in [0.29, 0.717) is 53.6 Å². The molecule has 2 saturated carbocycles. The Morgan fingerprint density at radius 1 is 0.937 bits per heavy atom. The average Bonchev–Trinajstić information content (AvgIpc) is 3.71. The smallest absolute Gasteiger partial charge is 0.329 e. The average molecular weight is 898 g/mol. The van der Waals surface area contributed by atoms with Gasteiger partial charge >= 0.3 is 5.69 Å². The Balaban J connectivity index is 0.758. The number of carbonyl (C=O) groups excluding carboxylic acids is 2. The first-order chi connectivity index (χ1) is 30.3. The van der Waals surface area contributed by atoms with Crippen molar-refractivity contribution in [3.63, 3.8) is 0 Å². The van der Waals surface area contributed by atoms with Crippen molar-refractivity contribution in [2.75, 3.05) is 49.5 Å².